The van der Waals surface area contributed by atoms with Crippen LogP contribution in [0.25, 0.3) is 4.96 Å². The molecule has 1 aliphatic rings. The van der Waals surface area contributed by atoms with E-state index in [1.807, 2.05) is 0 Å². The Morgan fingerprint density at radius 3 is 3.05 bits per heavy atom. The third-order valence-electron chi connectivity index (χ3n) is 4.66. The molecule has 2 aromatic heterocycles. The minimum atomic E-state index is 0.693. The topological polar surface area (TPSA) is 29.3 Å². The number of thiazole rings is 1. The molecule has 0 amide bonds. The Morgan fingerprint density at radius 2 is 2.25 bits per heavy atom. The quantitative estimate of drug-likeness (QED) is 0.920. The third-order valence-corrected chi connectivity index (χ3v) is 5.56. The van der Waals surface area contributed by atoms with Gasteiger partial charge in [0.25, 0.3) is 0 Å². The lowest BCUT2D eigenvalue weighted by atomic mass is 9.84. The molecule has 2 unspecified atom stereocenters. The highest BCUT2D eigenvalue weighted by Gasteiger charge is 2.21. The Labute approximate surface area is 125 Å². The average molecular weight is 291 g/mol. The predicted octanol–water partition coefficient (Wildman–Crippen LogP) is 4.07. The number of nitrogens with zero attached hydrogens (tertiary/aromatic N) is 2. The number of imidazole rings is 1. The van der Waals surface area contributed by atoms with Crippen LogP contribution >= 0.6 is 11.3 Å². The summed E-state index contributed by atoms with van der Waals surface area (Å²) < 4.78 is 2.27. The van der Waals surface area contributed by atoms with Crippen LogP contribution in [0.15, 0.2) is 6.20 Å². The highest BCUT2D eigenvalue weighted by Crippen LogP contribution is 2.27. The van der Waals surface area contributed by atoms with Crippen LogP contribution < -0.4 is 5.32 Å². The SMILES string of the molecule is CCC1CCCC(NCc2c(C)nc3sc(C)cn23)C1. The van der Waals surface area contributed by atoms with Gasteiger partial charge < -0.3 is 5.32 Å². The van der Waals surface area contributed by atoms with Gasteiger partial charge in [0.2, 0.25) is 0 Å². The summed E-state index contributed by atoms with van der Waals surface area (Å²) in [7, 11) is 0. The molecular formula is C16H25N3S. The zero-order valence-corrected chi connectivity index (χ0v) is 13.6. The average Bonchev–Trinajstić information content (AvgIpc) is 2.92. The van der Waals surface area contributed by atoms with E-state index in [1.54, 1.807) is 11.3 Å². The van der Waals surface area contributed by atoms with Gasteiger partial charge in [0.1, 0.15) is 0 Å². The van der Waals surface area contributed by atoms with Crippen LogP contribution in [0.1, 0.15) is 55.3 Å². The lowest BCUT2D eigenvalue weighted by Gasteiger charge is -2.29. The Kier molecular flexibility index (Phi) is 4.13. The summed E-state index contributed by atoms with van der Waals surface area (Å²) >= 11 is 1.78. The fourth-order valence-corrected chi connectivity index (χ4v) is 4.30. The highest BCUT2D eigenvalue weighted by molar-refractivity contribution is 7.17. The molecule has 0 spiro atoms. The molecule has 1 saturated carbocycles. The molecule has 0 aromatic carbocycles. The molecule has 20 heavy (non-hydrogen) atoms. The Morgan fingerprint density at radius 1 is 1.40 bits per heavy atom. The largest absolute Gasteiger partial charge is 0.308 e. The molecule has 2 aromatic rings. The minimum Gasteiger partial charge on any atom is -0.308 e. The molecule has 0 aliphatic heterocycles. The van der Waals surface area contributed by atoms with E-state index in [-0.39, 0.29) is 0 Å². The van der Waals surface area contributed by atoms with E-state index >= 15 is 0 Å². The Balaban J connectivity index is 1.68. The van der Waals surface area contributed by atoms with Crippen molar-refractivity contribution in [1.29, 1.82) is 0 Å². The maximum Gasteiger partial charge on any atom is 0.194 e. The van der Waals surface area contributed by atoms with E-state index in [1.165, 1.54) is 48.4 Å². The van der Waals surface area contributed by atoms with Gasteiger partial charge in [0, 0.05) is 23.7 Å². The molecule has 0 saturated heterocycles. The van der Waals surface area contributed by atoms with Crippen LogP contribution in [0.5, 0.6) is 0 Å². The van der Waals surface area contributed by atoms with Gasteiger partial charge in [-0.1, -0.05) is 26.2 Å². The first kappa shape index (κ1) is 14.1. The molecule has 3 rings (SSSR count). The highest BCUT2D eigenvalue weighted by atomic mass is 32.1. The van der Waals surface area contributed by atoms with Crippen molar-refractivity contribution in [3.05, 3.63) is 22.5 Å². The monoisotopic (exact) mass is 291 g/mol. The van der Waals surface area contributed by atoms with Gasteiger partial charge >= 0.3 is 0 Å². The summed E-state index contributed by atoms with van der Waals surface area (Å²) in [6.07, 6.45) is 9.04. The first-order valence-electron chi connectivity index (χ1n) is 7.84. The molecular weight excluding hydrogens is 266 g/mol. The third kappa shape index (κ3) is 2.77. The van der Waals surface area contributed by atoms with E-state index in [4.69, 9.17) is 0 Å². The van der Waals surface area contributed by atoms with Crippen LogP contribution in [0.2, 0.25) is 0 Å². The Hall–Kier alpha value is -0.870. The van der Waals surface area contributed by atoms with Crippen molar-refractivity contribution in [3.8, 4) is 0 Å². The molecule has 2 atom stereocenters. The number of nitrogens with one attached hydrogen (secondary N) is 1. The summed E-state index contributed by atoms with van der Waals surface area (Å²) in [5, 5.41) is 3.77. The zero-order valence-electron chi connectivity index (χ0n) is 12.8. The van der Waals surface area contributed by atoms with Gasteiger partial charge in [-0.25, -0.2) is 4.98 Å². The predicted molar refractivity (Wildman–Crippen MR) is 85.4 cm³/mol. The molecule has 1 aliphatic carbocycles. The number of aryl methyl sites for hydroxylation is 2. The Bertz CT molecular complexity index is 584. The van der Waals surface area contributed by atoms with Crippen molar-refractivity contribution in [2.24, 2.45) is 5.92 Å². The number of hydrogen-bond acceptors (Lipinski definition) is 3. The van der Waals surface area contributed by atoms with E-state index < -0.39 is 0 Å². The normalized spacial score (nSPS) is 23.6. The van der Waals surface area contributed by atoms with Crippen molar-refractivity contribution >= 4 is 16.3 Å². The van der Waals surface area contributed by atoms with Gasteiger partial charge in [-0.3, -0.25) is 4.40 Å². The van der Waals surface area contributed by atoms with Crippen LogP contribution in [0.4, 0.5) is 0 Å². The van der Waals surface area contributed by atoms with Crippen LogP contribution in [-0.4, -0.2) is 15.4 Å². The number of aromatic nitrogens is 2. The lowest BCUT2D eigenvalue weighted by molar-refractivity contribution is 0.277. The second kappa shape index (κ2) is 5.86. The molecule has 110 valence electrons. The maximum atomic E-state index is 4.67. The molecule has 1 fully saturated rings. The standard InChI is InChI=1S/C16H25N3S/c1-4-13-6-5-7-14(8-13)17-9-15-12(3)18-16-19(15)10-11(2)20-16/h10,13-14,17H,4-9H2,1-3H3. The van der Waals surface area contributed by atoms with E-state index in [0.29, 0.717) is 6.04 Å². The van der Waals surface area contributed by atoms with Crippen molar-refractivity contribution in [3.63, 3.8) is 0 Å². The summed E-state index contributed by atoms with van der Waals surface area (Å²) in [6, 6.07) is 0.693. The van der Waals surface area contributed by atoms with Crippen LogP contribution in [-0.2, 0) is 6.54 Å². The van der Waals surface area contributed by atoms with E-state index in [2.05, 4.69) is 41.7 Å². The number of rotatable bonds is 4. The van der Waals surface area contributed by atoms with Crippen molar-refractivity contribution in [2.75, 3.05) is 0 Å². The van der Waals surface area contributed by atoms with Gasteiger partial charge in [0.15, 0.2) is 4.96 Å². The second-order valence-corrected chi connectivity index (χ2v) is 7.37. The first-order chi connectivity index (χ1) is 9.67. The van der Waals surface area contributed by atoms with Crippen LogP contribution in [0, 0.1) is 19.8 Å². The van der Waals surface area contributed by atoms with Gasteiger partial charge in [-0.05, 0) is 32.6 Å². The summed E-state index contributed by atoms with van der Waals surface area (Å²) in [6.45, 7) is 7.55. The molecule has 4 heteroatoms. The second-order valence-electron chi connectivity index (χ2n) is 6.16. The molecule has 0 radical (unpaired) electrons. The first-order valence-corrected chi connectivity index (χ1v) is 8.66. The summed E-state index contributed by atoms with van der Waals surface area (Å²) in [5.41, 5.74) is 2.51. The fourth-order valence-electron chi connectivity index (χ4n) is 3.41. The smallest absolute Gasteiger partial charge is 0.194 e. The molecule has 2 heterocycles. The summed E-state index contributed by atoms with van der Waals surface area (Å²) in [4.78, 5) is 7.13. The minimum absolute atomic E-state index is 0.693. The zero-order chi connectivity index (χ0) is 14.1. The van der Waals surface area contributed by atoms with Crippen molar-refractivity contribution in [1.82, 2.24) is 14.7 Å². The lowest BCUT2D eigenvalue weighted by Crippen LogP contribution is -2.34. The molecule has 3 nitrogen and oxygen atoms in total. The van der Waals surface area contributed by atoms with Gasteiger partial charge in [-0.15, -0.1) is 11.3 Å². The van der Waals surface area contributed by atoms with E-state index in [9.17, 15) is 0 Å². The number of fused-ring (bicyclic) bond motifs is 1. The summed E-state index contributed by atoms with van der Waals surface area (Å²) in [5.74, 6) is 0.927. The fraction of sp³-hybridized carbons (Fsp3) is 0.688. The molecule has 0 bridgehead atoms. The van der Waals surface area contributed by atoms with Gasteiger partial charge in [-0.2, -0.15) is 0 Å². The van der Waals surface area contributed by atoms with E-state index in [0.717, 1.165) is 17.4 Å². The maximum absolute atomic E-state index is 4.67. The number of hydrogen-bond donors (Lipinski definition) is 1. The van der Waals surface area contributed by atoms with Crippen molar-refractivity contribution in [2.45, 2.75) is 65.5 Å². The molecule has 1 N–H and O–H groups in total. The van der Waals surface area contributed by atoms with Gasteiger partial charge in [0.05, 0.1) is 11.4 Å². The van der Waals surface area contributed by atoms with Crippen molar-refractivity contribution < 1.29 is 0 Å². The van der Waals surface area contributed by atoms with Crippen LogP contribution in [0.3, 0.4) is 0 Å².